The summed E-state index contributed by atoms with van der Waals surface area (Å²) in [6.45, 7) is 5.56. The fourth-order valence-electron chi connectivity index (χ4n) is 1.93. The van der Waals surface area contributed by atoms with Crippen LogP contribution in [0.15, 0.2) is 58.4 Å². The highest BCUT2D eigenvalue weighted by atomic mass is 32.2. The summed E-state index contributed by atoms with van der Waals surface area (Å²) in [5.74, 6) is -0.195. The van der Waals surface area contributed by atoms with E-state index < -0.39 is 10.0 Å². The lowest BCUT2D eigenvalue weighted by Crippen LogP contribution is -2.32. The molecule has 23 heavy (non-hydrogen) atoms. The Hall–Kier alpha value is -2.21. The predicted molar refractivity (Wildman–Crippen MR) is 89.6 cm³/mol. The van der Waals surface area contributed by atoms with Crippen molar-refractivity contribution in [2.24, 2.45) is 4.99 Å². The Kier molecular flexibility index (Phi) is 5.15. The molecule has 0 aliphatic heterocycles. The number of aliphatic imine (C=N–C) groups is 1. The van der Waals surface area contributed by atoms with Gasteiger partial charge in [-0.05, 0) is 57.2 Å². The van der Waals surface area contributed by atoms with E-state index in [1.54, 1.807) is 12.1 Å². The zero-order valence-electron chi connectivity index (χ0n) is 13.2. The highest BCUT2D eigenvalue weighted by Crippen LogP contribution is 2.12. The third kappa shape index (κ3) is 4.63. The van der Waals surface area contributed by atoms with E-state index in [0.29, 0.717) is 5.56 Å². The fourth-order valence-corrected chi connectivity index (χ4v) is 2.97. The number of aryl methyl sites for hydroxylation is 1. The molecule has 0 heterocycles. The van der Waals surface area contributed by atoms with Gasteiger partial charge in [0.25, 0.3) is 10.0 Å². The Morgan fingerprint density at radius 1 is 1.04 bits per heavy atom. The van der Waals surface area contributed by atoms with Gasteiger partial charge in [-0.2, -0.15) is 0 Å². The Balaban J connectivity index is 2.38. The van der Waals surface area contributed by atoms with Crippen molar-refractivity contribution in [1.82, 2.24) is 4.72 Å². The van der Waals surface area contributed by atoms with Gasteiger partial charge in [0.05, 0.1) is 4.90 Å². The number of benzene rings is 2. The van der Waals surface area contributed by atoms with E-state index in [1.807, 2.05) is 20.8 Å². The summed E-state index contributed by atoms with van der Waals surface area (Å²) in [6.07, 6.45) is 0. The molecule has 0 bridgehead atoms. The lowest BCUT2D eigenvalue weighted by atomic mass is 10.2. The molecule has 0 radical (unpaired) electrons. The Morgan fingerprint density at radius 2 is 1.61 bits per heavy atom. The monoisotopic (exact) mass is 334 g/mol. The molecule has 2 aromatic carbocycles. The molecule has 0 aliphatic rings. The summed E-state index contributed by atoms with van der Waals surface area (Å²) in [6, 6.07) is 11.9. The minimum Gasteiger partial charge on any atom is -0.265 e. The number of halogens is 1. The largest absolute Gasteiger partial charge is 0.265 e. The molecule has 0 atom stereocenters. The molecule has 0 saturated carbocycles. The Morgan fingerprint density at radius 3 is 2.13 bits per heavy atom. The molecule has 2 rings (SSSR count). The Bertz CT molecular complexity index is 795. The zero-order chi connectivity index (χ0) is 17.0. The molecule has 0 unspecified atom stereocenters. The number of nitrogens with zero attached hydrogens (tertiary/aromatic N) is 1. The topological polar surface area (TPSA) is 58.5 Å². The van der Waals surface area contributed by atoms with Gasteiger partial charge in [0, 0.05) is 11.6 Å². The second-order valence-corrected chi connectivity index (χ2v) is 7.18. The number of hydrogen-bond acceptors (Lipinski definition) is 3. The first-order valence-electron chi connectivity index (χ1n) is 7.21. The third-order valence-electron chi connectivity index (χ3n) is 3.07. The van der Waals surface area contributed by atoms with Crippen LogP contribution in [0.3, 0.4) is 0 Å². The van der Waals surface area contributed by atoms with Gasteiger partial charge >= 0.3 is 0 Å². The maximum atomic E-state index is 13.1. The predicted octanol–water partition coefficient (Wildman–Crippen LogP) is 3.27. The van der Waals surface area contributed by atoms with Crippen molar-refractivity contribution in [3.63, 3.8) is 0 Å². The molecule has 6 heteroatoms. The molecule has 0 aliphatic carbocycles. The average molecular weight is 334 g/mol. The zero-order valence-corrected chi connectivity index (χ0v) is 14.1. The summed E-state index contributed by atoms with van der Waals surface area (Å²) in [7, 11) is -3.75. The summed E-state index contributed by atoms with van der Waals surface area (Å²) >= 11 is 0. The maximum Gasteiger partial charge on any atom is 0.263 e. The van der Waals surface area contributed by atoms with Gasteiger partial charge in [0.15, 0.2) is 0 Å². The minimum atomic E-state index is -3.75. The van der Waals surface area contributed by atoms with Crippen LogP contribution in [0.1, 0.15) is 25.0 Å². The van der Waals surface area contributed by atoms with Crippen molar-refractivity contribution in [2.75, 3.05) is 0 Å². The second kappa shape index (κ2) is 6.91. The maximum absolute atomic E-state index is 13.1. The van der Waals surface area contributed by atoms with Gasteiger partial charge in [0.1, 0.15) is 11.7 Å². The molecule has 0 fully saturated rings. The van der Waals surface area contributed by atoms with Crippen LogP contribution >= 0.6 is 0 Å². The van der Waals surface area contributed by atoms with Crippen molar-refractivity contribution < 1.29 is 12.8 Å². The number of rotatable bonds is 4. The number of amidine groups is 1. The summed E-state index contributed by atoms with van der Waals surface area (Å²) in [5, 5.41) is 0. The standard InChI is InChI=1S/C17H19FN2O2S/c1-12(2)19-17(14-6-8-15(18)9-7-14)20-23(21,22)16-10-4-13(3)5-11-16/h4-12H,1-3H3,(H,19,20). The number of sulfonamides is 1. The smallest absolute Gasteiger partial charge is 0.263 e. The lowest BCUT2D eigenvalue weighted by Gasteiger charge is -2.13. The summed E-state index contributed by atoms with van der Waals surface area (Å²) in [5.41, 5.74) is 1.48. The van der Waals surface area contributed by atoms with Gasteiger partial charge in [-0.15, -0.1) is 0 Å². The minimum absolute atomic E-state index is 0.115. The second-order valence-electron chi connectivity index (χ2n) is 5.50. The number of hydrogen-bond donors (Lipinski definition) is 1. The van der Waals surface area contributed by atoms with Gasteiger partial charge in [0.2, 0.25) is 0 Å². The lowest BCUT2D eigenvalue weighted by molar-refractivity contribution is 0.592. The molecule has 0 aromatic heterocycles. The van der Waals surface area contributed by atoms with Crippen LogP contribution in [0.25, 0.3) is 0 Å². The molecule has 1 N–H and O–H groups in total. The molecule has 122 valence electrons. The van der Waals surface area contributed by atoms with Gasteiger partial charge in [-0.1, -0.05) is 17.7 Å². The van der Waals surface area contributed by atoms with E-state index in [1.165, 1.54) is 36.4 Å². The van der Waals surface area contributed by atoms with E-state index in [-0.39, 0.29) is 22.6 Å². The van der Waals surface area contributed by atoms with E-state index >= 15 is 0 Å². The SMILES string of the molecule is Cc1ccc(S(=O)(=O)NC(=NC(C)C)c2ccc(F)cc2)cc1. The van der Waals surface area contributed by atoms with Crippen LogP contribution < -0.4 is 4.72 Å². The van der Waals surface area contributed by atoms with Crippen LogP contribution in [0.5, 0.6) is 0 Å². The van der Waals surface area contributed by atoms with Crippen molar-refractivity contribution in [3.8, 4) is 0 Å². The van der Waals surface area contributed by atoms with E-state index in [4.69, 9.17) is 0 Å². The van der Waals surface area contributed by atoms with Crippen LogP contribution in [-0.2, 0) is 10.0 Å². The van der Waals surface area contributed by atoms with Crippen molar-refractivity contribution in [3.05, 3.63) is 65.5 Å². The molecule has 0 spiro atoms. The molecular weight excluding hydrogens is 315 g/mol. The van der Waals surface area contributed by atoms with Gasteiger partial charge in [-0.25, -0.2) is 12.8 Å². The van der Waals surface area contributed by atoms with Crippen LogP contribution in [0.4, 0.5) is 4.39 Å². The first-order chi connectivity index (χ1) is 10.8. The fraction of sp³-hybridized carbons (Fsp3) is 0.235. The van der Waals surface area contributed by atoms with Crippen LogP contribution in [-0.4, -0.2) is 20.3 Å². The number of nitrogens with one attached hydrogen (secondary N) is 1. The molecule has 0 amide bonds. The first kappa shape index (κ1) is 17.1. The molecule has 0 saturated heterocycles. The van der Waals surface area contributed by atoms with Gasteiger partial charge < -0.3 is 0 Å². The van der Waals surface area contributed by atoms with E-state index in [0.717, 1.165) is 5.56 Å². The van der Waals surface area contributed by atoms with Crippen molar-refractivity contribution in [2.45, 2.75) is 31.7 Å². The highest BCUT2D eigenvalue weighted by Gasteiger charge is 2.17. The Labute approximate surface area is 136 Å². The van der Waals surface area contributed by atoms with Crippen LogP contribution in [0.2, 0.25) is 0 Å². The molecular formula is C17H19FN2O2S. The molecule has 4 nitrogen and oxygen atoms in total. The van der Waals surface area contributed by atoms with Crippen molar-refractivity contribution >= 4 is 15.9 Å². The quantitative estimate of drug-likeness (QED) is 0.689. The average Bonchev–Trinajstić information content (AvgIpc) is 2.47. The van der Waals surface area contributed by atoms with E-state index in [9.17, 15) is 12.8 Å². The summed E-state index contributed by atoms with van der Waals surface area (Å²) in [4.78, 5) is 4.46. The normalized spacial score (nSPS) is 12.5. The first-order valence-corrected chi connectivity index (χ1v) is 8.69. The van der Waals surface area contributed by atoms with Crippen molar-refractivity contribution in [1.29, 1.82) is 0 Å². The highest BCUT2D eigenvalue weighted by molar-refractivity contribution is 7.90. The third-order valence-corrected chi connectivity index (χ3v) is 4.42. The van der Waals surface area contributed by atoms with E-state index in [2.05, 4.69) is 9.71 Å². The van der Waals surface area contributed by atoms with Gasteiger partial charge in [-0.3, -0.25) is 9.71 Å². The van der Waals surface area contributed by atoms with Crippen LogP contribution in [0, 0.1) is 12.7 Å². The molecule has 2 aromatic rings. The summed E-state index contributed by atoms with van der Waals surface area (Å²) < 4.78 is 40.6.